The Bertz CT molecular complexity index is 679. The highest BCUT2D eigenvalue weighted by Crippen LogP contribution is 2.36. The van der Waals surface area contributed by atoms with E-state index >= 15 is 0 Å². The smallest absolute Gasteiger partial charge is 0.0452 e. The molecule has 23 heavy (non-hydrogen) atoms. The Hall–Kier alpha value is -1.65. The number of anilines is 1. The number of hydrogen-bond donors (Lipinski definition) is 1. The Morgan fingerprint density at radius 2 is 2.22 bits per heavy atom. The molecule has 2 aromatic rings. The number of aromatic nitrogens is 1. The first kappa shape index (κ1) is 14.9. The average molecular weight is 310 g/mol. The molecule has 4 heteroatoms. The molecular formula is C19H26N4. The lowest BCUT2D eigenvalue weighted by Crippen LogP contribution is -2.41. The molecule has 1 aromatic carbocycles. The van der Waals surface area contributed by atoms with Crippen LogP contribution in [0.25, 0.3) is 10.8 Å². The first-order valence-corrected chi connectivity index (χ1v) is 8.92. The Kier molecular flexibility index (Phi) is 4.19. The van der Waals surface area contributed by atoms with E-state index in [0.29, 0.717) is 6.04 Å². The summed E-state index contributed by atoms with van der Waals surface area (Å²) < 4.78 is 0. The van der Waals surface area contributed by atoms with Crippen molar-refractivity contribution in [1.29, 1.82) is 0 Å². The maximum absolute atomic E-state index is 4.40. The summed E-state index contributed by atoms with van der Waals surface area (Å²) in [7, 11) is 0. The molecule has 4 rings (SSSR count). The SMILES string of the molecule is CCNCCN1CCC(N2CCc3cncc4cccc2c34)C1. The molecule has 1 N–H and O–H groups in total. The molecule has 1 aromatic heterocycles. The van der Waals surface area contributed by atoms with Gasteiger partial charge in [0.25, 0.3) is 0 Å². The second-order valence-electron chi connectivity index (χ2n) is 6.71. The average Bonchev–Trinajstić information content (AvgIpc) is 3.05. The zero-order chi connectivity index (χ0) is 15.6. The van der Waals surface area contributed by atoms with Gasteiger partial charge in [0.05, 0.1) is 0 Å². The fourth-order valence-electron chi connectivity index (χ4n) is 4.14. The third-order valence-corrected chi connectivity index (χ3v) is 5.31. The van der Waals surface area contributed by atoms with Gasteiger partial charge in [-0.25, -0.2) is 0 Å². The van der Waals surface area contributed by atoms with Gasteiger partial charge in [0.1, 0.15) is 0 Å². The van der Waals surface area contributed by atoms with Gasteiger partial charge < -0.3 is 10.2 Å². The fraction of sp³-hybridized carbons (Fsp3) is 0.526. The van der Waals surface area contributed by atoms with Gasteiger partial charge in [-0.2, -0.15) is 0 Å². The van der Waals surface area contributed by atoms with Gasteiger partial charge in [-0.15, -0.1) is 0 Å². The summed E-state index contributed by atoms with van der Waals surface area (Å²) in [6.07, 6.45) is 6.46. The summed E-state index contributed by atoms with van der Waals surface area (Å²) in [6, 6.07) is 7.32. The first-order chi connectivity index (χ1) is 11.4. The number of likely N-dealkylation sites (N-methyl/N-ethyl adjacent to an activating group) is 1. The van der Waals surface area contributed by atoms with Crippen LogP contribution < -0.4 is 10.2 Å². The molecule has 0 saturated carbocycles. The minimum atomic E-state index is 0.656. The molecule has 122 valence electrons. The molecule has 3 heterocycles. The van der Waals surface area contributed by atoms with Crippen LogP contribution >= 0.6 is 0 Å². The highest BCUT2D eigenvalue weighted by Gasteiger charge is 2.30. The fourth-order valence-corrected chi connectivity index (χ4v) is 4.14. The van der Waals surface area contributed by atoms with Crippen molar-refractivity contribution >= 4 is 16.5 Å². The Labute approximate surface area is 138 Å². The number of nitrogens with zero attached hydrogens (tertiary/aromatic N) is 3. The van der Waals surface area contributed by atoms with Gasteiger partial charge in [-0.3, -0.25) is 9.88 Å². The summed E-state index contributed by atoms with van der Waals surface area (Å²) >= 11 is 0. The summed E-state index contributed by atoms with van der Waals surface area (Å²) in [6.45, 7) is 9.07. The van der Waals surface area contributed by atoms with E-state index in [4.69, 9.17) is 0 Å². The quantitative estimate of drug-likeness (QED) is 0.859. The molecule has 0 aliphatic carbocycles. The summed E-state index contributed by atoms with van der Waals surface area (Å²) in [5.41, 5.74) is 2.83. The number of nitrogens with one attached hydrogen (secondary N) is 1. The highest BCUT2D eigenvalue weighted by molar-refractivity contribution is 5.97. The molecule has 2 aliphatic rings. The lowest BCUT2D eigenvalue weighted by atomic mass is 9.97. The van der Waals surface area contributed by atoms with Crippen molar-refractivity contribution in [3.63, 3.8) is 0 Å². The summed E-state index contributed by atoms with van der Waals surface area (Å²) in [5, 5.41) is 6.15. The normalized spacial score (nSPS) is 21.3. The Balaban J connectivity index is 1.54. The molecule has 1 saturated heterocycles. The Morgan fingerprint density at radius 3 is 3.13 bits per heavy atom. The third kappa shape index (κ3) is 2.81. The molecule has 4 nitrogen and oxygen atoms in total. The van der Waals surface area contributed by atoms with Crippen LogP contribution in [0, 0.1) is 0 Å². The van der Waals surface area contributed by atoms with E-state index in [2.05, 4.69) is 51.4 Å². The van der Waals surface area contributed by atoms with Gasteiger partial charge in [-0.05, 0) is 31.0 Å². The van der Waals surface area contributed by atoms with Crippen LogP contribution in [0.2, 0.25) is 0 Å². The number of rotatable bonds is 5. The summed E-state index contributed by atoms with van der Waals surface area (Å²) in [5.74, 6) is 0. The molecule has 1 unspecified atom stereocenters. The monoisotopic (exact) mass is 310 g/mol. The lowest BCUT2D eigenvalue weighted by Gasteiger charge is -2.36. The molecule has 0 bridgehead atoms. The number of benzene rings is 1. The van der Waals surface area contributed by atoms with E-state index in [-0.39, 0.29) is 0 Å². The van der Waals surface area contributed by atoms with Crippen molar-refractivity contribution in [3.05, 3.63) is 36.2 Å². The zero-order valence-electron chi connectivity index (χ0n) is 14.0. The second kappa shape index (κ2) is 6.46. The molecule has 0 radical (unpaired) electrons. The molecule has 0 spiro atoms. The van der Waals surface area contributed by atoms with E-state index in [1.165, 1.54) is 48.1 Å². The predicted molar refractivity (Wildman–Crippen MR) is 96.2 cm³/mol. The van der Waals surface area contributed by atoms with Crippen LogP contribution in [-0.2, 0) is 6.42 Å². The standard InChI is InChI=1S/C19H26N4/c1-2-20-8-11-22-9-7-17(14-22)23-10-6-16-13-21-12-15-4-3-5-18(23)19(15)16/h3-5,12-13,17,20H,2,6-11,14H2,1H3. The van der Waals surface area contributed by atoms with Crippen molar-refractivity contribution in [3.8, 4) is 0 Å². The molecule has 2 aliphatic heterocycles. The van der Waals surface area contributed by atoms with E-state index in [1.54, 1.807) is 0 Å². The first-order valence-electron chi connectivity index (χ1n) is 8.92. The van der Waals surface area contributed by atoms with Crippen LogP contribution in [0.15, 0.2) is 30.6 Å². The number of hydrogen-bond acceptors (Lipinski definition) is 4. The maximum Gasteiger partial charge on any atom is 0.0452 e. The van der Waals surface area contributed by atoms with Crippen LogP contribution in [0.5, 0.6) is 0 Å². The third-order valence-electron chi connectivity index (χ3n) is 5.31. The molecule has 0 amide bonds. The van der Waals surface area contributed by atoms with Gasteiger partial charge in [0.2, 0.25) is 0 Å². The van der Waals surface area contributed by atoms with Crippen LogP contribution in [0.3, 0.4) is 0 Å². The largest absolute Gasteiger partial charge is 0.366 e. The maximum atomic E-state index is 4.40. The predicted octanol–water partition coefficient (Wildman–Crippen LogP) is 2.28. The highest BCUT2D eigenvalue weighted by atomic mass is 15.3. The van der Waals surface area contributed by atoms with Crippen molar-refractivity contribution in [2.75, 3.05) is 44.2 Å². The lowest BCUT2D eigenvalue weighted by molar-refractivity contribution is 0.331. The van der Waals surface area contributed by atoms with E-state index in [1.807, 2.05) is 6.20 Å². The van der Waals surface area contributed by atoms with Crippen LogP contribution in [0.1, 0.15) is 18.9 Å². The number of likely N-dealkylation sites (tertiary alicyclic amines) is 1. The van der Waals surface area contributed by atoms with Crippen molar-refractivity contribution in [1.82, 2.24) is 15.2 Å². The topological polar surface area (TPSA) is 31.4 Å². The van der Waals surface area contributed by atoms with Gasteiger partial charge >= 0.3 is 0 Å². The van der Waals surface area contributed by atoms with Crippen LogP contribution in [-0.4, -0.2) is 55.2 Å². The summed E-state index contributed by atoms with van der Waals surface area (Å²) in [4.78, 5) is 9.66. The van der Waals surface area contributed by atoms with Crippen molar-refractivity contribution in [2.45, 2.75) is 25.8 Å². The minimum absolute atomic E-state index is 0.656. The van der Waals surface area contributed by atoms with E-state index in [0.717, 1.165) is 26.1 Å². The number of pyridine rings is 1. The molecule has 1 atom stereocenters. The molecular weight excluding hydrogens is 284 g/mol. The van der Waals surface area contributed by atoms with E-state index < -0.39 is 0 Å². The van der Waals surface area contributed by atoms with Crippen molar-refractivity contribution < 1.29 is 0 Å². The van der Waals surface area contributed by atoms with Crippen molar-refractivity contribution in [2.24, 2.45) is 0 Å². The van der Waals surface area contributed by atoms with Crippen LogP contribution in [0.4, 0.5) is 5.69 Å². The van der Waals surface area contributed by atoms with Gasteiger partial charge in [-0.1, -0.05) is 19.1 Å². The second-order valence-corrected chi connectivity index (χ2v) is 6.71. The Morgan fingerprint density at radius 1 is 1.26 bits per heavy atom. The minimum Gasteiger partial charge on any atom is -0.366 e. The molecule has 1 fully saturated rings. The van der Waals surface area contributed by atoms with E-state index in [9.17, 15) is 0 Å². The van der Waals surface area contributed by atoms with Gasteiger partial charge in [0, 0.05) is 67.6 Å². The zero-order valence-corrected chi connectivity index (χ0v) is 14.0. The van der Waals surface area contributed by atoms with Gasteiger partial charge in [0.15, 0.2) is 0 Å².